The first-order chi connectivity index (χ1) is 8.10. The summed E-state index contributed by atoms with van der Waals surface area (Å²) in [5.41, 5.74) is 6.08. The first kappa shape index (κ1) is 12.2. The highest BCUT2D eigenvalue weighted by Crippen LogP contribution is 2.23. The molecule has 2 heterocycles. The first-order valence-electron chi connectivity index (χ1n) is 6.17. The van der Waals surface area contributed by atoms with Crippen molar-refractivity contribution in [2.45, 2.75) is 26.8 Å². The second-order valence-corrected chi connectivity index (χ2v) is 5.16. The van der Waals surface area contributed by atoms with Crippen LogP contribution in [0.15, 0.2) is 16.7 Å². The van der Waals surface area contributed by atoms with Crippen LogP contribution < -0.4 is 5.73 Å². The van der Waals surface area contributed by atoms with Crippen molar-refractivity contribution >= 4 is 5.91 Å². The number of carbonyl (C=O) groups is 1. The van der Waals surface area contributed by atoms with E-state index in [4.69, 9.17) is 10.2 Å². The monoisotopic (exact) mass is 236 g/mol. The van der Waals surface area contributed by atoms with Gasteiger partial charge in [0.15, 0.2) is 0 Å². The quantitative estimate of drug-likeness (QED) is 0.852. The van der Waals surface area contributed by atoms with E-state index in [1.54, 1.807) is 6.07 Å². The van der Waals surface area contributed by atoms with E-state index in [0.29, 0.717) is 29.7 Å². The Balaban J connectivity index is 2.08. The molecule has 0 saturated carbocycles. The summed E-state index contributed by atoms with van der Waals surface area (Å²) in [6.45, 7) is 6.39. The Labute approximate surface area is 102 Å². The van der Waals surface area contributed by atoms with Crippen LogP contribution in [0.1, 0.15) is 36.4 Å². The second kappa shape index (κ2) is 4.92. The molecule has 0 radical (unpaired) electrons. The van der Waals surface area contributed by atoms with E-state index >= 15 is 0 Å². The lowest BCUT2D eigenvalue weighted by Gasteiger charge is -2.34. The molecular formula is C13H20N2O2. The highest BCUT2D eigenvalue weighted by Gasteiger charge is 2.26. The van der Waals surface area contributed by atoms with Gasteiger partial charge < -0.3 is 15.1 Å². The molecule has 0 aliphatic carbocycles. The minimum Gasteiger partial charge on any atom is -0.467 e. The number of furan rings is 1. The Morgan fingerprint density at radius 2 is 2.12 bits per heavy atom. The molecule has 2 atom stereocenters. The third-order valence-electron chi connectivity index (χ3n) is 3.26. The van der Waals surface area contributed by atoms with E-state index in [1.165, 1.54) is 12.7 Å². The number of hydrogen-bond donors (Lipinski definition) is 1. The van der Waals surface area contributed by atoms with Crippen molar-refractivity contribution in [3.63, 3.8) is 0 Å². The van der Waals surface area contributed by atoms with Crippen molar-refractivity contribution in [2.75, 3.05) is 13.1 Å². The summed E-state index contributed by atoms with van der Waals surface area (Å²) in [4.78, 5) is 14.2. The van der Waals surface area contributed by atoms with E-state index in [2.05, 4.69) is 13.8 Å². The Bertz CT molecular complexity index is 390. The molecule has 94 valence electrons. The summed E-state index contributed by atoms with van der Waals surface area (Å²) in [7, 11) is 0. The molecule has 0 aromatic carbocycles. The maximum atomic E-state index is 12.2. The number of hydrogen-bond acceptors (Lipinski definition) is 3. The fourth-order valence-corrected chi connectivity index (χ4v) is 2.61. The number of amides is 1. The molecule has 2 unspecified atom stereocenters. The lowest BCUT2D eigenvalue weighted by molar-refractivity contribution is 0.0622. The van der Waals surface area contributed by atoms with Crippen molar-refractivity contribution in [2.24, 2.45) is 17.6 Å². The second-order valence-electron chi connectivity index (χ2n) is 5.16. The Morgan fingerprint density at radius 1 is 1.47 bits per heavy atom. The summed E-state index contributed by atoms with van der Waals surface area (Å²) in [6.07, 6.45) is 2.71. The van der Waals surface area contributed by atoms with Gasteiger partial charge in [0.05, 0.1) is 12.1 Å². The van der Waals surface area contributed by atoms with Crippen LogP contribution in [-0.4, -0.2) is 23.9 Å². The van der Waals surface area contributed by atoms with Gasteiger partial charge in [-0.2, -0.15) is 0 Å². The smallest absolute Gasteiger partial charge is 0.257 e. The fourth-order valence-electron chi connectivity index (χ4n) is 2.61. The average Bonchev–Trinajstić information content (AvgIpc) is 2.75. The third-order valence-corrected chi connectivity index (χ3v) is 3.26. The molecule has 1 fully saturated rings. The van der Waals surface area contributed by atoms with Crippen molar-refractivity contribution in [1.82, 2.24) is 4.90 Å². The van der Waals surface area contributed by atoms with Gasteiger partial charge in [0.2, 0.25) is 0 Å². The van der Waals surface area contributed by atoms with Gasteiger partial charge >= 0.3 is 0 Å². The zero-order valence-electron chi connectivity index (χ0n) is 10.5. The lowest BCUT2D eigenvalue weighted by Crippen LogP contribution is -2.42. The van der Waals surface area contributed by atoms with Crippen molar-refractivity contribution in [3.05, 3.63) is 23.7 Å². The van der Waals surface area contributed by atoms with Crippen molar-refractivity contribution < 1.29 is 9.21 Å². The van der Waals surface area contributed by atoms with Gasteiger partial charge in [0.25, 0.3) is 5.91 Å². The number of rotatable bonds is 2. The van der Waals surface area contributed by atoms with Crippen LogP contribution in [0, 0.1) is 11.8 Å². The molecule has 17 heavy (non-hydrogen) atoms. The Morgan fingerprint density at radius 3 is 2.65 bits per heavy atom. The maximum absolute atomic E-state index is 12.2. The average molecular weight is 236 g/mol. The topological polar surface area (TPSA) is 59.5 Å². The molecule has 2 N–H and O–H groups in total. The van der Waals surface area contributed by atoms with Crippen LogP contribution in [0.25, 0.3) is 0 Å². The number of piperidine rings is 1. The van der Waals surface area contributed by atoms with Gasteiger partial charge in [-0.05, 0) is 24.3 Å². The molecule has 1 aliphatic rings. The highest BCUT2D eigenvalue weighted by molar-refractivity contribution is 5.94. The molecule has 1 aliphatic heterocycles. The molecule has 0 spiro atoms. The molecule has 4 nitrogen and oxygen atoms in total. The van der Waals surface area contributed by atoms with Gasteiger partial charge in [0, 0.05) is 13.1 Å². The highest BCUT2D eigenvalue weighted by atomic mass is 16.3. The maximum Gasteiger partial charge on any atom is 0.257 e. The minimum absolute atomic E-state index is 0.0619. The molecule has 1 aromatic rings. The molecule has 1 aromatic heterocycles. The summed E-state index contributed by atoms with van der Waals surface area (Å²) in [5, 5.41) is 0. The number of carbonyl (C=O) groups excluding carboxylic acids is 1. The lowest BCUT2D eigenvalue weighted by atomic mass is 9.91. The molecule has 4 heteroatoms. The largest absolute Gasteiger partial charge is 0.467 e. The normalized spacial score (nSPS) is 25.0. The minimum atomic E-state index is 0.0619. The summed E-state index contributed by atoms with van der Waals surface area (Å²) in [5.74, 6) is 1.87. The van der Waals surface area contributed by atoms with E-state index in [1.807, 2.05) is 4.90 Å². The first-order valence-corrected chi connectivity index (χ1v) is 6.17. The molecule has 2 rings (SSSR count). The number of likely N-dealkylation sites (tertiary alicyclic amines) is 1. The standard InChI is InChI=1S/C13H20N2O2/c1-9-3-10(2)7-15(6-9)13(16)11-4-12(5-14)17-8-11/h4,8-10H,3,5-7,14H2,1-2H3. The van der Waals surface area contributed by atoms with Gasteiger partial charge in [-0.1, -0.05) is 13.8 Å². The van der Waals surface area contributed by atoms with Crippen molar-refractivity contribution in [3.8, 4) is 0 Å². The van der Waals surface area contributed by atoms with E-state index in [9.17, 15) is 4.79 Å². The van der Waals surface area contributed by atoms with Crippen LogP contribution >= 0.6 is 0 Å². The van der Waals surface area contributed by atoms with Crippen LogP contribution in [-0.2, 0) is 6.54 Å². The van der Waals surface area contributed by atoms with Gasteiger partial charge in [-0.15, -0.1) is 0 Å². The Kier molecular flexibility index (Phi) is 3.52. The molecule has 1 saturated heterocycles. The summed E-state index contributed by atoms with van der Waals surface area (Å²) >= 11 is 0. The van der Waals surface area contributed by atoms with Crippen LogP contribution in [0.3, 0.4) is 0 Å². The van der Waals surface area contributed by atoms with Gasteiger partial charge in [0.1, 0.15) is 12.0 Å². The fraction of sp³-hybridized carbons (Fsp3) is 0.615. The van der Waals surface area contributed by atoms with E-state index < -0.39 is 0 Å². The van der Waals surface area contributed by atoms with Crippen LogP contribution in [0.4, 0.5) is 0 Å². The summed E-state index contributed by atoms with van der Waals surface area (Å²) in [6, 6.07) is 1.74. The van der Waals surface area contributed by atoms with Gasteiger partial charge in [-0.25, -0.2) is 0 Å². The SMILES string of the molecule is CC1CC(C)CN(C(=O)c2coc(CN)c2)C1. The number of nitrogens with zero attached hydrogens (tertiary/aromatic N) is 1. The van der Waals surface area contributed by atoms with Crippen LogP contribution in [0.5, 0.6) is 0 Å². The molecular weight excluding hydrogens is 216 g/mol. The predicted octanol–water partition coefficient (Wildman–Crippen LogP) is 1.86. The zero-order chi connectivity index (χ0) is 12.4. The van der Waals surface area contributed by atoms with E-state index in [0.717, 1.165) is 13.1 Å². The number of nitrogens with two attached hydrogens (primary N) is 1. The zero-order valence-corrected chi connectivity index (χ0v) is 10.5. The Hall–Kier alpha value is -1.29. The third kappa shape index (κ3) is 2.69. The molecule has 0 bridgehead atoms. The van der Waals surface area contributed by atoms with E-state index in [-0.39, 0.29) is 5.91 Å². The van der Waals surface area contributed by atoms with Gasteiger partial charge in [-0.3, -0.25) is 4.79 Å². The molecule has 1 amide bonds. The predicted molar refractivity (Wildman–Crippen MR) is 65.4 cm³/mol. The van der Waals surface area contributed by atoms with Crippen LogP contribution in [0.2, 0.25) is 0 Å². The van der Waals surface area contributed by atoms with Crippen molar-refractivity contribution in [1.29, 1.82) is 0 Å². The summed E-state index contributed by atoms with van der Waals surface area (Å²) < 4.78 is 5.21.